The molecule has 1 fully saturated rings. The molecule has 1 rings (SSSR count). The van der Waals surface area contributed by atoms with Crippen molar-refractivity contribution in [1.82, 2.24) is 0 Å². The van der Waals surface area contributed by atoms with Gasteiger partial charge in [-0.2, -0.15) is 0 Å². The summed E-state index contributed by atoms with van der Waals surface area (Å²) in [5.41, 5.74) is 6.00. The van der Waals surface area contributed by atoms with Gasteiger partial charge >= 0.3 is 0 Å². The highest BCUT2D eigenvalue weighted by atomic mass is 14.7. The summed E-state index contributed by atoms with van der Waals surface area (Å²) in [5, 5.41) is 0. The number of rotatable bonds is 2. The van der Waals surface area contributed by atoms with E-state index < -0.39 is 0 Å². The Morgan fingerprint density at radius 2 is 2.09 bits per heavy atom. The molecule has 0 spiro atoms. The minimum atomic E-state index is 0.486. The van der Waals surface area contributed by atoms with Crippen LogP contribution in [0.15, 0.2) is 0 Å². The Kier molecular flexibility index (Phi) is 3.38. The zero-order valence-electron chi connectivity index (χ0n) is 7.84. The average Bonchev–Trinajstić information content (AvgIpc) is 1.98. The van der Waals surface area contributed by atoms with Gasteiger partial charge in [-0.1, -0.05) is 33.1 Å². The van der Waals surface area contributed by atoms with Gasteiger partial charge in [-0.25, -0.2) is 0 Å². The maximum atomic E-state index is 6.00. The smallest absolute Gasteiger partial charge is 0.00671 e. The summed E-state index contributed by atoms with van der Waals surface area (Å²) in [4.78, 5) is 0. The minimum Gasteiger partial charge on any atom is -0.327 e. The molecule has 1 saturated carbocycles. The van der Waals surface area contributed by atoms with Gasteiger partial charge in [0.25, 0.3) is 0 Å². The van der Waals surface area contributed by atoms with Crippen molar-refractivity contribution in [2.45, 2.75) is 52.0 Å². The zero-order valence-corrected chi connectivity index (χ0v) is 7.84. The van der Waals surface area contributed by atoms with E-state index in [9.17, 15) is 0 Å². The molecule has 3 atom stereocenters. The predicted octanol–water partition coefficient (Wildman–Crippen LogP) is 2.55. The molecule has 0 aromatic carbocycles. The monoisotopic (exact) mass is 155 g/mol. The van der Waals surface area contributed by atoms with Crippen LogP contribution >= 0.6 is 0 Å². The van der Waals surface area contributed by atoms with Gasteiger partial charge in [0.05, 0.1) is 0 Å². The van der Waals surface area contributed by atoms with Crippen molar-refractivity contribution >= 4 is 0 Å². The Bertz CT molecular complexity index is 111. The zero-order chi connectivity index (χ0) is 8.27. The normalized spacial score (nSPS) is 39.0. The molecule has 0 saturated heterocycles. The summed E-state index contributed by atoms with van der Waals surface area (Å²) in [7, 11) is 0. The highest BCUT2D eigenvalue weighted by Crippen LogP contribution is 2.30. The van der Waals surface area contributed by atoms with Crippen LogP contribution in [0.2, 0.25) is 0 Å². The van der Waals surface area contributed by atoms with Gasteiger partial charge in [0, 0.05) is 6.04 Å². The van der Waals surface area contributed by atoms with Crippen molar-refractivity contribution in [1.29, 1.82) is 0 Å². The van der Waals surface area contributed by atoms with Crippen LogP contribution in [-0.4, -0.2) is 6.04 Å². The highest BCUT2D eigenvalue weighted by molar-refractivity contribution is 4.79. The fourth-order valence-electron chi connectivity index (χ4n) is 2.12. The van der Waals surface area contributed by atoms with Crippen molar-refractivity contribution < 1.29 is 0 Å². The first-order valence-corrected chi connectivity index (χ1v) is 4.99. The third-order valence-electron chi connectivity index (χ3n) is 3.06. The Hall–Kier alpha value is -0.0400. The minimum absolute atomic E-state index is 0.486. The molecule has 0 unspecified atom stereocenters. The fraction of sp³-hybridized carbons (Fsp3) is 1.00. The molecule has 0 bridgehead atoms. The van der Waals surface area contributed by atoms with Gasteiger partial charge in [0.15, 0.2) is 0 Å². The van der Waals surface area contributed by atoms with Gasteiger partial charge in [-0.15, -0.1) is 0 Å². The third-order valence-corrected chi connectivity index (χ3v) is 3.06. The van der Waals surface area contributed by atoms with Crippen molar-refractivity contribution in [2.75, 3.05) is 0 Å². The summed E-state index contributed by atoms with van der Waals surface area (Å²) in [6.07, 6.45) is 6.76. The summed E-state index contributed by atoms with van der Waals surface area (Å²) in [6.45, 7) is 4.55. The SMILES string of the molecule is CCC[C@H]1CC[C@H](C)[C@H](N)C1. The van der Waals surface area contributed by atoms with E-state index in [2.05, 4.69) is 13.8 Å². The molecule has 0 heterocycles. The second kappa shape index (κ2) is 4.10. The lowest BCUT2D eigenvalue weighted by molar-refractivity contribution is 0.241. The topological polar surface area (TPSA) is 26.0 Å². The summed E-state index contributed by atoms with van der Waals surface area (Å²) in [6, 6.07) is 0.486. The first kappa shape index (κ1) is 9.05. The molecule has 0 amide bonds. The molecule has 1 aliphatic rings. The van der Waals surface area contributed by atoms with Crippen molar-refractivity contribution in [2.24, 2.45) is 17.6 Å². The molecule has 1 nitrogen and oxygen atoms in total. The van der Waals surface area contributed by atoms with Gasteiger partial charge in [0.1, 0.15) is 0 Å². The summed E-state index contributed by atoms with van der Waals surface area (Å²) >= 11 is 0. The van der Waals surface area contributed by atoms with Crippen LogP contribution in [0.1, 0.15) is 46.0 Å². The van der Waals surface area contributed by atoms with Gasteiger partial charge in [-0.05, 0) is 24.7 Å². The van der Waals surface area contributed by atoms with E-state index >= 15 is 0 Å². The molecule has 0 radical (unpaired) electrons. The second-order valence-corrected chi connectivity index (χ2v) is 4.11. The lowest BCUT2D eigenvalue weighted by Crippen LogP contribution is -2.34. The largest absolute Gasteiger partial charge is 0.327 e. The fourth-order valence-corrected chi connectivity index (χ4v) is 2.12. The van der Waals surface area contributed by atoms with E-state index in [1.165, 1.54) is 32.1 Å². The Balaban J connectivity index is 2.28. The molecule has 0 aromatic rings. The molecule has 1 heteroatoms. The maximum Gasteiger partial charge on any atom is 0.00671 e. The lowest BCUT2D eigenvalue weighted by atomic mass is 9.78. The summed E-state index contributed by atoms with van der Waals surface area (Å²) < 4.78 is 0. The van der Waals surface area contributed by atoms with Crippen LogP contribution in [0, 0.1) is 11.8 Å². The summed E-state index contributed by atoms with van der Waals surface area (Å²) in [5.74, 6) is 1.70. The van der Waals surface area contributed by atoms with Crippen LogP contribution in [0.3, 0.4) is 0 Å². The van der Waals surface area contributed by atoms with E-state index in [1.54, 1.807) is 0 Å². The van der Waals surface area contributed by atoms with Crippen molar-refractivity contribution in [3.8, 4) is 0 Å². The van der Waals surface area contributed by atoms with Gasteiger partial charge < -0.3 is 5.73 Å². The van der Waals surface area contributed by atoms with Crippen LogP contribution in [0.5, 0.6) is 0 Å². The molecule has 66 valence electrons. The predicted molar refractivity (Wildman–Crippen MR) is 49.4 cm³/mol. The molecule has 11 heavy (non-hydrogen) atoms. The van der Waals surface area contributed by atoms with E-state index in [0.717, 1.165) is 11.8 Å². The molecular formula is C10H21N. The molecular weight excluding hydrogens is 134 g/mol. The molecule has 0 aromatic heterocycles. The van der Waals surface area contributed by atoms with Gasteiger partial charge in [0.2, 0.25) is 0 Å². The van der Waals surface area contributed by atoms with Crippen molar-refractivity contribution in [3.63, 3.8) is 0 Å². The van der Waals surface area contributed by atoms with Gasteiger partial charge in [-0.3, -0.25) is 0 Å². The quantitative estimate of drug-likeness (QED) is 0.651. The standard InChI is InChI=1S/C10H21N/c1-3-4-9-6-5-8(2)10(11)7-9/h8-10H,3-7,11H2,1-2H3/t8-,9-,10+/m0/s1. The van der Waals surface area contributed by atoms with E-state index in [4.69, 9.17) is 5.73 Å². The second-order valence-electron chi connectivity index (χ2n) is 4.11. The maximum absolute atomic E-state index is 6.00. The van der Waals surface area contributed by atoms with Crippen LogP contribution in [0.25, 0.3) is 0 Å². The highest BCUT2D eigenvalue weighted by Gasteiger charge is 2.23. The number of nitrogens with two attached hydrogens (primary N) is 1. The molecule has 0 aliphatic heterocycles. The lowest BCUT2D eigenvalue weighted by Gasteiger charge is -2.31. The van der Waals surface area contributed by atoms with Crippen LogP contribution in [-0.2, 0) is 0 Å². The number of hydrogen-bond donors (Lipinski definition) is 1. The molecule has 2 N–H and O–H groups in total. The average molecular weight is 155 g/mol. The first-order chi connectivity index (χ1) is 5.24. The molecule has 1 aliphatic carbocycles. The first-order valence-electron chi connectivity index (χ1n) is 4.99. The Morgan fingerprint density at radius 3 is 2.64 bits per heavy atom. The third kappa shape index (κ3) is 2.48. The van der Waals surface area contributed by atoms with E-state index in [1.807, 2.05) is 0 Å². The van der Waals surface area contributed by atoms with E-state index in [0.29, 0.717) is 6.04 Å². The van der Waals surface area contributed by atoms with Crippen LogP contribution < -0.4 is 5.73 Å². The van der Waals surface area contributed by atoms with Crippen molar-refractivity contribution in [3.05, 3.63) is 0 Å². The number of hydrogen-bond acceptors (Lipinski definition) is 1. The van der Waals surface area contributed by atoms with Crippen LogP contribution in [0.4, 0.5) is 0 Å². The Labute approximate surface area is 70.4 Å². The van der Waals surface area contributed by atoms with E-state index in [-0.39, 0.29) is 0 Å². The Morgan fingerprint density at radius 1 is 1.36 bits per heavy atom.